The molecule has 3 heterocycles. The van der Waals surface area contributed by atoms with Crippen LogP contribution in [0.2, 0.25) is 5.15 Å². The van der Waals surface area contributed by atoms with E-state index in [2.05, 4.69) is 36.9 Å². The van der Waals surface area contributed by atoms with Crippen LogP contribution in [0.15, 0.2) is 18.2 Å². The number of rotatable bonds is 12. The van der Waals surface area contributed by atoms with Crippen LogP contribution in [0.3, 0.4) is 0 Å². The number of hydrogen-bond donors (Lipinski definition) is 3. The first-order chi connectivity index (χ1) is 19.8. The Hall–Kier alpha value is -2.38. The fourth-order valence-electron chi connectivity index (χ4n) is 5.61. The molecule has 226 valence electrons. The third-order valence-electron chi connectivity index (χ3n) is 7.75. The lowest BCUT2D eigenvalue weighted by Crippen LogP contribution is -2.58. The van der Waals surface area contributed by atoms with Crippen molar-refractivity contribution in [2.75, 3.05) is 75.1 Å². The largest absolute Gasteiger partial charge is 0.490 e. The Kier molecular flexibility index (Phi) is 11.7. The summed E-state index contributed by atoms with van der Waals surface area (Å²) in [6.07, 6.45) is 5.09. The van der Waals surface area contributed by atoms with Crippen molar-refractivity contribution in [2.24, 2.45) is 0 Å². The first-order valence-corrected chi connectivity index (χ1v) is 16.0. The van der Waals surface area contributed by atoms with E-state index < -0.39 is 5.91 Å². The predicted molar refractivity (Wildman–Crippen MR) is 162 cm³/mol. The van der Waals surface area contributed by atoms with Crippen molar-refractivity contribution >= 4 is 40.9 Å². The van der Waals surface area contributed by atoms with E-state index in [9.17, 15) is 9.18 Å². The summed E-state index contributed by atoms with van der Waals surface area (Å²) in [5, 5.41) is 11.6. The van der Waals surface area contributed by atoms with Gasteiger partial charge in [0.25, 0.3) is 5.91 Å². The molecule has 0 bridgehead atoms. The van der Waals surface area contributed by atoms with Gasteiger partial charge < -0.3 is 25.8 Å². The van der Waals surface area contributed by atoms with Crippen LogP contribution in [-0.2, 0) is 6.54 Å². The van der Waals surface area contributed by atoms with Crippen molar-refractivity contribution in [3.8, 4) is 5.75 Å². The van der Waals surface area contributed by atoms with E-state index in [0.29, 0.717) is 30.3 Å². The highest BCUT2D eigenvalue weighted by Crippen LogP contribution is 2.30. The summed E-state index contributed by atoms with van der Waals surface area (Å²) in [5.41, 5.74) is 6.99. The number of aromatic nitrogens is 2. The first-order valence-electron chi connectivity index (χ1n) is 14.2. The lowest BCUT2D eigenvalue weighted by Gasteiger charge is -2.47. The van der Waals surface area contributed by atoms with Gasteiger partial charge in [-0.2, -0.15) is 11.8 Å². The highest BCUT2D eigenvalue weighted by Gasteiger charge is 2.34. The van der Waals surface area contributed by atoms with Gasteiger partial charge in [-0.05, 0) is 56.3 Å². The van der Waals surface area contributed by atoms with Gasteiger partial charge in [0, 0.05) is 50.6 Å². The van der Waals surface area contributed by atoms with Gasteiger partial charge in [-0.1, -0.05) is 24.6 Å². The van der Waals surface area contributed by atoms with Crippen LogP contribution in [0.1, 0.15) is 42.2 Å². The number of nitrogens with one attached hydrogen (secondary N) is 1. The number of halogens is 2. The number of aliphatic hydroxyl groups is 1. The van der Waals surface area contributed by atoms with Crippen molar-refractivity contribution in [3.63, 3.8) is 0 Å². The molecule has 2 saturated heterocycles. The van der Waals surface area contributed by atoms with E-state index >= 15 is 0 Å². The number of thioether (sulfide) groups is 1. The van der Waals surface area contributed by atoms with Crippen molar-refractivity contribution < 1.29 is 19.0 Å². The number of carbonyl (C=O) groups excluding carboxylic acids is 1. The molecule has 2 aromatic rings. The summed E-state index contributed by atoms with van der Waals surface area (Å²) in [6, 6.07) is 6.10. The van der Waals surface area contributed by atoms with Crippen LogP contribution < -0.4 is 20.7 Å². The van der Waals surface area contributed by atoms with Crippen LogP contribution in [0.5, 0.6) is 5.75 Å². The Balaban J connectivity index is 1.31. The molecule has 4 rings (SSSR count). The second-order valence-electron chi connectivity index (χ2n) is 10.4. The maximum atomic E-state index is 14.5. The number of hydrogen-bond acceptors (Lipinski definition) is 10. The van der Waals surface area contributed by atoms with Gasteiger partial charge in [-0.25, -0.2) is 14.4 Å². The van der Waals surface area contributed by atoms with Crippen molar-refractivity contribution in [1.29, 1.82) is 0 Å². The Morgan fingerprint density at radius 1 is 1.27 bits per heavy atom. The third-order valence-corrected chi connectivity index (χ3v) is 8.58. The maximum absolute atomic E-state index is 14.5. The second kappa shape index (κ2) is 15.2. The number of nitrogens with zero attached hydrogens (tertiary/aromatic N) is 5. The standard InChI is InChI=1S/C28H41ClFN7O3S/c1-3-20-18-36(27-25(29)33-24(26(31)34-27)28(39)32-8-13-38)11-12-37(20)21-6-9-35(10-7-21)17-19-4-5-23(22(30)16-19)40-14-15-41-2/h4-5,16,20-21,38H,3,6-15,17-18H2,1-2H3,(H2,31,34)(H,32,39)/t20-/m0/s1. The molecule has 1 aromatic carbocycles. The normalized spacial score (nSPS) is 19.0. The molecule has 0 aliphatic carbocycles. The predicted octanol–water partition coefficient (Wildman–Crippen LogP) is 2.88. The molecular weight excluding hydrogens is 569 g/mol. The molecular formula is C28H41ClFN7O3S. The Labute approximate surface area is 250 Å². The minimum Gasteiger partial charge on any atom is -0.490 e. The molecule has 0 radical (unpaired) electrons. The fourth-order valence-corrected chi connectivity index (χ4v) is 6.10. The average Bonchev–Trinajstić information content (AvgIpc) is 2.98. The van der Waals surface area contributed by atoms with Gasteiger partial charge in [-0.3, -0.25) is 14.6 Å². The van der Waals surface area contributed by atoms with Gasteiger partial charge in [0.15, 0.2) is 34.0 Å². The smallest absolute Gasteiger partial charge is 0.273 e. The van der Waals surface area contributed by atoms with E-state index in [1.165, 1.54) is 0 Å². The summed E-state index contributed by atoms with van der Waals surface area (Å²) in [5.74, 6) is 0.844. The van der Waals surface area contributed by atoms with Crippen LogP contribution in [0, 0.1) is 5.82 Å². The van der Waals surface area contributed by atoms with Crippen LogP contribution in [-0.4, -0.2) is 107 Å². The molecule has 2 aliphatic rings. The molecule has 0 unspecified atom stereocenters. The number of nitrogens with two attached hydrogens (primary N) is 1. The van der Waals surface area contributed by atoms with Crippen molar-refractivity contribution in [1.82, 2.24) is 25.1 Å². The number of anilines is 2. The Morgan fingerprint density at radius 3 is 2.73 bits per heavy atom. The maximum Gasteiger partial charge on any atom is 0.273 e. The quantitative estimate of drug-likeness (QED) is 0.310. The van der Waals surface area contributed by atoms with Crippen LogP contribution in [0.25, 0.3) is 0 Å². The van der Waals surface area contributed by atoms with Gasteiger partial charge in [0.05, 0.1) is 13.2 Å². The monoisotopic (exact) mass is 609 g/mol. The SMILES string of the molecule is CC[C@H]1CN(c2nc(N)c(C(=O)NCCO)nc2Cl)CCN1C1CCN(Cc2ccc(OCCSC)c(F)c2)CC1. The van der Waals surface area contributed by atoms with Crippen molar-refractivity contribution in [3.05, 3.63) is 40.4 Å². The summed E-state index contributed by atoms with van der Waals surface area (Å²) in [4.78, 5) is 28.0. The summed E-state index contributed by atoms with van der Waals surface area (Å²) >= 11 is 8.14. The topological polar surface area (TPSA) is 120 Å². The summed E-state index contributed by atoms with van der Waals surface area (Å²) < 4.78 is 20.0. The highest BCUT2D eigenvalue weighted by atomic mass is 35.5. The zero-order valence-electron chi connectivity index (χ0n) is 23.8. The van der Waals surface area contributed by atoms with E-state index in [0.717, 1.165) is 69.8 Å². The van der Waals surface area contributed by atoms with E-state index in [1.807, 2.05) is 12.3 Å². The van der Waals surface area contributed by atoms with Crippen LogP contribution >= 0.6 is 23.4 Å². The molecule has 41 heavy (non-hydrogen) atoms. The molecule has 1 aromatic heterocycles. The highest BCUT2D eigenvalue weighted by molar-refractivity contribution is 7.98. The van der Waals surface area contributed by atoms with E-state index in [4.69, 9.17) is 27.2 Å². The summed E-state index contributed by atoms with van der Waals surface area (Å²) in [6.45, 7) is 7.59. The molecule has 0 saturated carbocycles. The minimum absolute atomic E-state index is 0.0142. The van der Waals surface area contributed by atoms with Crippen molar-refractivity contribution in [2.45, 2.75) is 44.8 Å². The molecule has 2 aliphatic heterocycles. The molecule has 1 atom stereocenters. The number of nitrogen functional groups attached to an aromatic ring is 1. The average molecular weight is 610 g/mol. The molecule has 4 N–H and O–H groups in total. The molecule has 2 fully saturated rings. The van der Waals surface area contributed by atoms with Gasteiger partial charge in [0.2, 0.25) is 0 Å². The number of ether oxygens (including phenoxy) is 1. The number of piperazine rings is 1. The number of amides is 1. The minimum atomic E-state index is -0.516. The lowest BCUT2D eigenvalue weighted by atomic mass is 9.98. The van der Waals surface area contributed by atoms with E-state index in [1.54, 1.807) is 23.9 Å². The van der Waals surface area contributed by atoms with Gasteiger partial charge >= 0.3 is 0 Å². The Morgan fingerprint density at radius 2 is 2.05 bits per heavy atom. The Bertz CT molecular complexity index is 1170. The van der Waals surface area contributed by atoms with Gasteiger partial charge in [0.1, 0.15) is 0 Å². The first kappa shape index (κ1) is 31.6. The van der Waals surface area contributed by atoms with E-state index in [-0.39, 0.29) is 35.6 Å². The molecule has 1 amide bonds. The third kappa shape index (κ3) is 8.13. The van der Waals surface area contributed by atoms with Crippen LogP contribution in [0.4, 0.5) is 16.0 Å². The number of piperidine rings is 1. The lowest BCUT2D eigenvalue weighted by molar-refractivity contribution is 0.0610. The molecule has 0 spiro atoms. The second-order valence-corrected chi connectivity index (χ2v) is 11.8. The number of aliphatic hydroxyl groups excluding tert-OH is 1. The number of likely N-dealkylation sites (tertiary alicyclic amines) is 1. The zero-order chi connectivity index (χ0) is 29.4. The summed E-state index contributed by atoms with van der Waals surface area (Å²) in [7, 11) is 0. The number of carbonyl (C=O) groups is 1. The number of benzene rings is 1. The molecule has 10 nitrogen and oxygen atoms in total. The zero-order valence-corrected chi connectivity index (χ0v) is 25.4. The molecule has 13 heteroatoms. The van der Waals surface area contributed by atoms with Gasteiger partial charge in [-0.15, -0.1) is 0 Å². The fraction of sp³-hybridized carbons (Fsp3) is 0.607.